The van der Waals surface area contributed by atoms with Gasteiger partial charge in [-0.15, -0.1) is 11.6 Å². The second-order valence-electron chi connectivity index (χ2n) is 3.79. The van der Waals surface area contributed by atoms with Crippen LogP contribution in [0.1, 0.15) is 0 Å². The fraction of sp³-hybridized carbons (Fsp3) is 0.667. The third-order valence-corrected chi connectivity index (χ3v) is 5.08. The van der Waals surface area contributed by atoms with Crippen molar-refractivity contribution in [3.05, 3.63) is 12.3 Å². The monoisotopic (exact) mass is 279 g/mol. The number of hydrogen-bond acceptors (Lipinski definition) is 4. The number of aryl methyl sites for hydroxylation is 1. The van der Waals surface area contributed by atoms with E-state index in [9.17, 15) is 8.42 Å². The van der Waals surface area contributed by atoms with Crippen molar-refractivity contribution in [2.45, 2.75) is 11.1 Å². The summed E-state index contributed by atoms with van der Waals surface area (Å²) in [5, 5.41) is 4.05. The van der Waals surface area contributed by atoms with Crippen LogP contribution in [0.4, 0.5) is 0 Å². The zero-order chi connectivity index (χ0) is 12.5. The van der Waals surface area contributed by atoms with E-state index in [1.165, 1.54) is 21.3 Å². The Morgan fingerprint density at radius 3 is 3.00 bits per heavy atom. The Balaban J connectivity index is 2.34. The first-order chi connectivity index (χ1) is 8.07. The predicted molar refractivity (Wildman–Crippen MR) is 62.4 cm³/mol. The smallest absolute Gasteiger partial charge is 0.260 e. The molecule has 0 radical (unpaired) electrons. The van der Waals surface area contributed by atoms with Crippen LogP contribution in [-0.4, -0.2) is 54.2 Å². The number of ether oxygens (including phenoxy) is 1. The summed E-state index contributed by atoms with van der Waals surface area (Å²) in [7, 11) is -1.94. The molecule has 0 aromatic carbocycles. The minimum atomic E-state index is -3.54. The average Bonchev–Trinajstić information content (AvgIpc) is 2.76. The maximum absolute atomic E-state index is 12.4. The van der Waals surface area contributed by atoms with Gasteiger partial charge in [-0.05, 0) is 6.07 Å². The Hall–Kier alpha value is -0.630. The second-order valence-corrected chi connectivity index (χ2v) is 5.94. The molecule has 0 saturated carbocycles. The molecular weight excluding hydrogens is 266 g/mol. The molecule has 2 rings (SSSR count). The van der Waals surface area contributed by atoms with Crippen LogP contribution in [-0.2, 0) is 21.8 Å². The van der Waals surface area contributed by atoms with Gasteiger partial charge in [-0.25, -0.2) is 8.42 Å². The standard InChI is InChI=1S/C9H14ClN3O3S/c1-12-9(2-3-11-12)17(14,15)13-4-5-16-7-8(13)6-10/h2-3,8H,4-7H2,1H3. The van der Waals surface area contributed by atoms with Gasteiger partial charge in [0.15, 0.2) is 5.03 Å². The maximum atomic E-state index is 12.4. The zero-order valence-electron chi connectivity index (χ0n) is 9.41. The van der Waals surface area contributed by atoms with Gasteiger partial charge in [0.1, 0.15) is 0 Å². The molecule has 1 atom stereocenters. The van der Waals surface area contributed by atoms with Crippen LogP contribution >= 0.6 is 11.6 Å². The molecule has 0 amide bonds. The fourth-order valence-corrected chi connectivity index (χ4v) is 3.85. The second kappa shape index (κ2) is 4.93. The SMILES string of the molecule is Cn1nccc1S(=O)(=O)N1CCOCC1CCl. The minimum absolute atomic E-state index is 0.175. The van der Waals surface area contributed by atoms with Crippen LogP contribution in [0.5, 0.6) is 0 Å². The normalized spacial score (nSPS) is 22.8. The molecule has 1 aromatic rings. The Morgan fingerprint density at radius 1 is 1.65 bits per heavy atom. The Kier molecular flexibility index (Phi) is 3.72. The summed E-state index contributed by atoms with van der Waals surface area (Å²) in [6.07, 6.45) is 1.46. The van der Waals surface area contributed by atoms with E-state index >= 15 is 0 Å². The quantitative estimate of drug-likeness (QED) is 0.734. The number of rotatable bonds is 3. The van der Waals surface area contributed by atoms with E-state index in [2.05, 4.69) is 5.10 Å². The highest BCUT2D eigenvalue weighted by molar-refractivity contribution is 7.89. The maximum Gasteiger partial charge on any atom is 0.260 e. The molecule has 96 valence electrons. The summed E-state index contributed by atoms with van der Waals surface area (Å²) in [5.74, 6) is 0.219. The number of sulfonamides is 1. The molecule has 0 spiro atoms. The van der Waals surface area contributed by atoms with E-state index in [0.717, 1.165) is 0 Å². The van der Waals surface area contributed by atoms with Crippen molar-refractivity contribution < 1.29 is 13.2 Å². The van der Waals surface area contributed by atoms with Gasteiger partial charge in [0, 0.05) is 19.5 Å². The lowest BCUT2D eigenvalue weighted by Gasteiger charge is -2.33. The number of hydrogen-bond donors (Lipinski definition) is 0. The van der Waals surface area contributed by atoms with Gasteiger partial charge in [0.2, 0.25) is 0 Å². The zero-order valence-corrected chi connectivity index (χ0v) is 11.0. The van der Waals surface area contributed by atoms with Gasteiger partial charge in [-0.3, -0.25) is 4.68 Å². The molecule has 0 N–H and O–H groups in total. The van der Waals surface area contributed by atoms with Crippen molar-refractivity contribution in [2.75, 3.05) is 25.6 Å². The molecule has 2 heterocycles. The third-order valence-electron chi connectivity index (χ3n) is 2.70. The van der Waals surface area contributed by atoms with Crippen molar-refractivity contribution in [3.8, 4) is 0 Å². The number of alkyl halides is 1. The van der Waals surface area contributed by atoms with Crippen molar-refractivity contribution in [3.63, 3.8) is 0 Å². The molecular formula is C9H14ClN3O3S. The first kappa shape index (κ1) is 12.8. The lowest BCUT2D eigenvalue weighted by Crippen LogP contribution is -2.49. The molecule has 1 saturated heterocycles. The molecule has 1 aliphatic rings. The Morgan fingerprint density at radius 2 is 2.41 bits per heavy atom. The summed E-state index contributed by atoms with van der Waals surface area (Å²) < 4.78 is 32.7. The van der Waals surface area contributed by atoms with Gasteiger partial charge < -0.3 is 4.74 Å². The minimum Gasteiger partial charge on any atom is -0.378 e. The number of morpholine rings is 1. The molecule has 8 heteroatoms. The molecule has 1 aromatic heterocycles. The van der Waals surface area contributed by atoms with Crippen LogP contribution in [0.2, 0.25) is 0 Å². The highest BCUT2D eigenvalue weighted by atomic mass is 35.5. The van der Waals surface area contributed by atoms with Gasteiger partial charge in [-0.2, -0.15) is 9.40 Å². The van der Waals surface area contributed by atoms with Crippen LogP contribution in [0.3, 0.4) is 0 Å². The van der Waals surface area contributed by atoms with Crippen molar-refractivity contribution in [1.82, 2.24) is 14.1 Å². The highest BCUT2D eigenvalue weighted by Gasteiger charge is 2.35. The van der Waals surface area contributed by atoms with Crippen LogP contribution in [0, 0.1) is 0 Å². The summed E-state index contributed by atoms with van der Waals surface area (Å²) >= 11 is 5.77. The molecule has 0 bridgehead atoms. The fourth-order valence-electron chi connectivity index (χ4n) is 1.81. The summed E-state index contributed by atoms with van der Waals surface area (Å²) in [6, 6.07) is 1.17. The van der Waals surface area contributed by atoms with E-state index in [4.69, 9.17) is 16.3 Å². The summed E-state index contributed by atoms with van der Waals surface area (Å²) in [4.78, 5) is 0. The van der Waals surface area contributed by atoms with E-state index in [0.29, 0.717) is 19.8 Å². The Labute approximate surface area is 105 Å². The number of nitrogens with zero attached hydrogens (tertiary/aromatic N) is 3. The number of halogens is 1. The highest BCUT2D eigenvalue weighted by Crippen LogP contribution is 2.20. The first-order valence-corrected chi connectivity index (χ1v) is 7.18. The van der Waals surface area contributed by atoms with Crippen molar-refractivity contribution in [2.24, 2.45) is 7.05 Å². The van der Waals surface area contributed by atoms with Crippen LogP contribution in [0.25, 0.3) is 0 Å². The molecule has 1 aliphatic heterocycles. The molecule has 6 nitrogen and oxygen atoms in total. The summed E-state index contributed by atoms with van der Waals surface area (Å²) in [6.45, 7) is 1.05. The van der Waals surface area contributed by atoms with Crippen LogP contribution in [0.15, 0.2) is 17.3 Å². The Bertz CT molecular complexity index is 487. The van der Waals surface area contributed by atoms with E-state index in [1.807, 2.05) is 0 Å². The largest absolute Gasteiger partial charge is 0.378 e. The van der Waals surface area contributed by atoms with Crippen LogP contribution < -0.4 is 0 Å². The lowest BCUT2D eigenvalue weighted by atomic mass is 10.3. The molecule has 1 fully saturated rings. The van der Waals surface area contributed by atoms with Crippen molar-refractivity contribution in [1.29, 1.82) is 0 Å². The van der Waals surface area contributed by atoms with E-state index in [1.54, 1.807) is 7.05 Å². The van der Waals surface area contributed by atoms with Gasteiger partial charge in [0.05, 0.1) is 25.5 Å². The van der Waals surface area contributed by atoms with E-state index < -0.39 is 10.0 Å². The predicted octanol–water partition coefficient (Wildman–Crippen LogP) is 0.0484. The lowest BCUT2D eigenvalue weighted by molar-refractivity contribution is 0.0402. The van der Waals surface area contributed by atoms with Gasteiger partial charge >= 0.3 is 0 Å². The van der Waals surface area contributed by atoms with E-state index in [-0.39, 0.29) is 16.9 Å². The average molecular weight is 280 g/mol. The van der Waals surface area contributed by atoms with Gasteiger partial charge in [0.25, 0.3) is 10.0 Å². The number of aromatic nitrogens is 2. The molecule has 1 unspecified atom stereocenters. The van der Waals surface area contributed by atoms with Gasteiger partial charge in [-0.1, -0.05) is 0 Å². The first-order valence-electron chi connectivity index (χ1n) is 5.21. The third kappa shape index (κ3) is 2.33. The van der Waals surface area contributed by atoms with Crippen molar-refractivity contribution >= 4 is 21.6 Å². The topological polar surface area (TPSA) is 64.4 Å². The molecule has 0 aliphatic carbocycles. The molecule has 17 heavy (non-hydrogen) atoms. The summed E-state index contributed by atoms with van der Waals surface area (Å²) in [5.41, 5.74) is 0.